The minimum absolute atomic E-state index is 0.0118. The Morgan fingerprint density at radius 3 is 2.43 bits per heavy atom. The highest BCUT2D eigenvalue weighted by atomic mass is 19.4. The van der Waals surface area contributed by atoms with Gasteiger partial charge in [-0.15, -0.1) is 10.2 Å². The van der Waals surface area contributed by atoms with E-state index < -0.39 is 47.5 Å². The molecule has 15 heteroatoms. The van der Waals surface area contributed by atoms with Crippen LogP contribution in [0.15, 0.2) is 24.5 Å². The third-order valence-corrected chi connectivity index (χ3v) is 7.07. The maximum absolute atomic E-state index is 13.1. The van der Waals surface area contributed by atoms with Crippen LogP contribution in [0.4, 0.5) is 24.8 Å². The second kappa shape index (κ2) is 11.5. The van der Waals surface area contributed by atoms with Gasteiger partial charge in [0, 0.05) is 32.7 Å². The summed E-state index contributed by atoms with van der Waals surface area (Å²) in [5, 5.41) is 11.3. The molecule has 4 atom stereocenters. The minimum atomic E-state index is -4.60. The first kappa shape index (κ1) is 30.3. The van der Waals surface area contributed by atoms with Crippen LogP contribution in [-0.2, 0) is 25.1 Å². The Balaban J connectivity index is 1.17. The maximum Gasteiger partial charge on any atom is 0.434 e. The normalized spacial score (nSPS) is 26.5. The van der Waals surface area contributed by atoms with Gasteiger partial charge in [-0.1, -0.05) is 0 Å². The van der Waals surface area contributed by atoms with Gasteiger partial charge in [-0.3, -0.25) is 9.88 Å². The highest BCUT2D eigenvalue weighted by Crippen LogP contribution is 2.37. The van der Waals surface area contributed by atoms with E-state index in [2.05, 4.69) is 35.3 Å². The minimum Gasteiger partial charge on any atom is -0.455 e. The summed E-state index contributed by atoms with van der Waals surface area (Å²) < 4.78 is 63.3. The fourth-order valence-corrected chi connectivity index (χ4v) is 5.22. The van der Waals surface area contributed by atoms with Crippen LogP contribution in [0.1, 0.15) is 50.8 Å². The lowest BCUT2D eigenvalue weighted by Crippen LogP contribution is -2.58. The molecule has 42 heavy (non-hydrogen) atoms. The lowest BCUT2D eigenvalue weighted by Gasteiger charge is -2.41. The molecule has 0 aliphatic carbocycles. The molecule has 2 aromatic rings. The Labute approximate surface area is 241 Å². The van der Waals surface area contributed by atoms with Crippen LogP contribution < -0.4 is 10.2 Å². The quantitative estimate of drug-likeness (QED) is 0.494. The first-order valence-electron chi connectivity index (χ1n) is 13.8. The van der Waals surface area contributed by atoms with Gasteiger partial charge in [0.2, 0.25) is 0 Å². The molecule has 0 aromatic carbocycles. The van der Waals surface area contributed by atoms with E-state index in [1.54, 1.807) is 46.8 Å². The number of fused-ring (bicyclic) bond motifs is 1. The number of hydrogen-bond acceptors (Lipinski definition) is 12. The van der Waals surface area contributed by atoms with Crippen molar-refractivity contribution >= 4 is 17.6 Å². The average molecular weight is 596 g/mol. The van der Waals surface area contributed by atoms with Crippen LogP contribution in [0, 0.1) is 0 Å². The molecule has 12 nitrogen and oxygen atoms in total. The Bertz CT molecular complexity index is 1250. The van der Waals surface area contributed by atoms with Gasteiger partial charge in [-0.2, -0.15) is 13.2 Å². The largest absolute Gasteiger partial charge is 0.455 e. The number of carbonyl (C=O) groups excluding carboxylic acids is 1. The molecular formula is C27H36F3N7O5. The number of ether oxygens (including phenoxy) is 4. The standard InChI is InChI=1S/C27H36F3N7O5/c1-25(2,3)42-24(38)16-6-7-21(35-34-16)37-10-8-36(9-11-37)14-18-23-22(40-26(4,5)41-23)17(15-39-18)32-20-13-31-12-19(33-20)27(28,29)30/h6-7,12-13,17-18,22-23H,8-11,14-15H2,1-5H3,(H,32,33)/t17-,18+,22+,23-/m0/s1. The molecule has 0 saturated carbocycles. The van der Waals surface area contributed by atoms with Gasteiger partial charge in [0.25, 0.3) is 0 Å². The van der Waals surface area contributed by atoms with Crippen LogP contribution in [0.5, 0.6) is 0 Å². The molecule has 3 aliphatic heterocycles. The SMILES string of the molecule is CC(C)(C)OC(=O)c1ccc(N2CCN(C[C@H]3OC[C@H](Nc4cncc(C(F)(F)F)n4)[C@H]4OC(C)(C)O[C@H]43)CC2)nn1. The Morgan fingerprint density at radius 1 is 1.07 bits per heavy atom. The number of anilines is 2. The van der Waals surface area contributed by atoms with Crippen LogP contribution in [0.3, 0.4) is 0 Å². The molecular weight excluding hydrogens is 559 g/mol. The van der Waals surface area contributed by atoms with Crippen molar-refractivity contribution in [1.82, 2.24) is 25.1 Å². The average Bonchev–Trinajstić information content (AvgIpc) is 3.25. The van der Waals surface area contributed by atoms with E-state index in [1.807, 2.05) is 0 Å². The summed E-state index contributed by atoms with van der Waals surface area (Å²) in [7, 11) is 0. The Kier molecular flexibility index (Phi) is 8.31. The summed E-state index contributed by atoms with van der Waals surface area (Å²) in [6.45, 7) is 12.6. The Morgan fingerprint density at radius 2 is 1.79 bits per heavy atom. The van der Waals surface area contributed by atoms with E-state index in [1.165, 1.54) is 6.20 Å². The van der Waals surface area contributed by atoms with Crippen LogP contribution >= 0.6 is 0 Å². The second-order valence-corrected chi connectivity index (χ2v) is 12.0. The van der Waals surface area contributed by atoms with Crippen molar-refractivity contribution < 1.29 is 36.9 Å². The summed E-state index contributed by atoms with van der Waals surface area (Å²) in [5.41, 5.74) is -1.53. The number of hydrogen-bond donors (Lipinski definition) is 1. The molecule has 0 amide bonds. The van der Waals surface area contributed by atoms with Gasteiger partial charge in [-0.25, -0.2) is 9.78 Å². The van der Waals surface area contributed by atoms with Crippen molar-refractivity contribution in [3.8, 4) is 0 Å². The monoisotopic (exact) mass is 595 g/mol. The van der Waals surface area contributed by atoms with Crippen molar-refractivity contribution in [2.24, 2.45) is 0 Å². The molecule has 230 valence electrons. The predicted octanol–water partition coefficient (Wildman–Crippen LogP) is 2.76. The maximum atomic E-state index is 13.1. The van der Waals surface area contributed by atoms with E-state index >= 15 is 0 Å². The zero-order valence-electron chi connectivity index (χ0n) is 24.2. The zero-order valence-corrected chi connectivity index (χ0v) is 24.2. The first-order valence-corrected chi connectivity index (χ1v) is 13.8. The van der Waals surface area contributed by atoms with E-state index in [4.69, 9.17) is 18.9 Å². The number of nitrogens with one attached hydrogen (secondary N) is 1. The number of alkyl halides is 3. The summed E-state index contributed by atoms with van der Waals surface area (Å²) in [6, 6.07) is 2.91. The fraction of sp³-hybridized carbons (Fsp3) is 0.667. The highest BCUT2D eigenvalue weighted by molar-refractivity contribution is 5.87. The van der Waals surface area contributed by atoms with E-state index in [-0.39, 0.29) is 24.2 Å². The van der Waals surface area contributed by atoms with Crippen molar-refractivity contribution in [3.63, 3.8) is 0 Å². The van der Waals surface area contributed by atoms with Crippen LogP contribution in [0.2, 0.25) is 0 Å². The Hall–Kier alpha value is -3.14. The predicted molar refractivity (Wildman–Crippen MR) is 144 cm³/mol. The lowest BCUT2D eigenvalue weighted by molar-refractivity contribution is -0.155. The van der Waals surface area contributed by atoms with Crippen molar-refractivity contribution in [1.29, 1.82) is 0 Å². The van der Waals surface area contributed by atoms with Gasteiger partial charge in [-0.05, 0) is 46.8 Å². The number of halogens is 3. The van der Waals surface area contributed by atoms with Gasteiger partial charge in [0.05, 0.1) is 31.1 Å². The van der Waals surface area contributed by atoms with Gasteiger partial charge >= 0.3 is 12.1 Å². The van der Waals surface area contributed by atoms with E-state index in [9.17, 15) is 18.0 Å². The van der Waals surface area contributed by atoms with E-state index in [0.29, 0.717) is 31.6 Å². The van der Waals surface area contributed by atoms with E-state index in [0.717, 1.165) is 13.1 Å². The molecule has 0 radical (unpaired) electrons. The topological polar surface area (TPSA) is 124 Å². The number of carbonyl (C=O) groups is 1. The molecule has 0 bridgehead atoms. The van der Waals surface area contributed by atoms with Crippen molar-refractivity contribution in [2.75, 3.05) is 49.5 Å². The van der Waals surface area contributed by atoms with Gasteiger partial charge in [0.15, 0.2) is 23.0 Å². The number of piperazine rings is 1. The zero-order chi connectivity index (χ0) is 30.3. The number of esters is 1. The summed E-state index contributed by atoms with van der Waals surface area (Å²) in [6.07, 6.45) is -3.88. The molecule has 1 N–H and O–H groups in total. The van der Waals surface area contributed by atoms with Gasteiger partial charge < -0.3 is 29.2 Å². The number of nitrogens with zero attached hydrogens (tertiary/aromatic N) is 6. The molecule has 3 saturated heterocycles. The van der Waals surface area contributed by atoms with Crippen LogP contribution in [-0.4, -0.2) is 106 Å². The molecule has 0 unspecified atom stereocenters. The molecule has 5 rings (SSSR count). The molecule has 3 aliphatic rings. The summed E-state index contributed by atoms with van der Waals surface area (Å²) >= 11 is 0. The third-order valence-electron chi connectivity index (χ3n) is 7.07. The van der Waals surface area contributed by atoms with Crippen LogP contribution in [0.25, 0.3) is 0 Å². The lowest BCUT2D eigenvalue weighted by atomic mass is 9.97. The molecule has 5 heterocycles. The third kappa shape index (κ3) is 7.25. The van der Waals surface area contributed by atoms with Crippen molar-refractivity contribution in [3.05, 3.63) is 35.9 Å². The second-order valence-electron chi connectivity index (χ2n) is 12.0. The molecule has 0 spiro atoms. The summed E-state index contributed by atoms with van der Waals surface area (Å²) in [5.74, 6) is -0.735. The highest BCUT2D eigenvalue weighted by Gasteiger charge is 2.52. The summed E-state index contributed by atoms with van der Waals surface area (Å²) in [4.78, 5) is 23.9. The first-order chi connectivity index (χ1) is 19.7. The molecule has 3 fully saturated rings. The van der Waals surface area contributed by atoms with Crippen molar-refractivity contribution in [2.45, 2.75) is 76.5 Å². The molecule has 2 aromatic heterocycles. The fourth-order valence-electron chi connectivity index (χ4n) is 5.22. The van der Waals surface area contributed by atoms with Gasteiger partial charge in [0.1, 0.15) is 23.6 Å². The smallest absolute Gasteiger partial charge is 0.434 e. The number of rotatable bonds is 6. The number of aromatic nitrogens is 4.